The molecule has 3 rings (SSSR count). The number of ether oxygens (including phenoxy) is 2. The van der Waals surface area contributed by atoms with E-state index >= 15 is 0 Å². The van der Waals surface area contributed by atoms with E-state index in [0.29, 0.717) is 35.2 Å². The molecule has 1 aromatic heterocycles. The molecule has 0 unspecified atom stereocenters. The summed E-state index contributed by atoms with van der Waals surface area (Å²) in [6.45, 7) is 5.78. The van der Waals surface area contributed by atoms with Gasteiger partial charge < -0.3 is 25.0 Å². The number of rotatable bonds is 6. The van der Waals surface area contributed by atoms with E-state index < -0.39 is 12.3 Å². The zero-order valence-electron chi connectivity index (χ0n) is 16.6. The summed E-state index contributed by atoms with van der Waals surface area (Å²) in [5.41, 5.74) is 2.00. The van der Waals surface area contributed by atoms with Crippen LogP contribution in [0, 0.1) is 6.92 Å². The summed E-state index contributed by atoms with van der Waals surface area (Å²) >= 11 is 0. The average Bonchev–Trinajstić information content (AvgIpc) is 3.03. The number of carbonyl (C=O) groups is 2. The minimum absolute atomic E-state index is 0.144. The van der Waals surface area contributed by atoms with Crippen LogP contribution in [0.2, 0.25) is 0 Å². The quantitative estimate of drug-likeness (QED) is 0.698. The maximum Gasteiger partial charge on any atom is 0.262 e. The van der Waals surface area contributed by atoms with E-state index in [1.807, 2.05) is 13.0 Å². The number of H-pyrrole nitrogens is 1. The molecule has 0 fully saturated rings. The maximum absolute atomic E-state index is 12.4. The summed E-state index contributed by atoms with van der Waals surface area (Å²) in [6.07, 6.45) is -1.11. The topological polar surface area (TPSA) is 109 Å². The average molecular weight is 387 g/mol. The van der Waals surface area contributed by atoms with Gasteiger partial charge in [0.25, 0.3) is 11.8 Å². The van der Waals surface area contributed by atoms with E-state index in [4.69, 9.17) is 9.47 Å². The van der Waals surface area contributed by atoms with E-state index in [1.54, 1.807) is 40.1 Å². The highest BCUT2D eigenvalue weighted by molar-refractivity contribution is 6.01. The van der Waals surface area contributed by atoms with Gasteiger partial charge in [0.15, 0.2) is 23.4 Å². The van der Waals surface area contributed by atoms with E-state index in [2.05, 4.69) is 20.8 Å². The van der Waals surface area contributed by atoms with Crippen LogP contribution in [0.4, 0.5) is 5.82 Å². The number of nitrogens with zero attached hydrogens (tertiary/aromatic N) is 2. The van der Waals surface area contributed by atoms with E-state index in [-0.39, 0.29) is 11.8 Å². The third-order valence-electron chi connectivity index (χ3n) is 4.42. The normalized spacial score (nSPS) is 16.5. The molecule has 0 bridgehead atoms. The second-order valence-electron chi connectivity index (χ2n) is 6.75. The van der Waals surface area contributed by atoms with Crippen LogP contribution in [0.15, 0.2) is 18.2 Å². The third-order valence-corrected chi connectivity index (χ3v) is 4.42. The summed E-state index contributed by atoms with van der Waals surface area (Å²) in [4.78, 5) is 26.0. The molecular weight excluding hydrogens is 362 g/mol. The number of hydrogen-bond acceptors (Lipinski definition) is 6. The zero-order chi connectivity index (χ0) is 20.4. The van der Waals surface area contributed by atoms with Crippen molar-refractivity contribution in [3.05, 3.63) is 35.0 Å². The van der Waals surface area contributed by atoms with Gasteiger partial charge in [0.2, 0.25) is 0 Å². The Morgan fingerprint density at radius 3 is 2.71 bits per heavy atom. The summed E-state index contributed by atoms with van der Waals surface area (Å²) in [5, 5.41) is 13.1. The van der Waals surface area contributed by atoms with Crippen LogP contribution in [0.5, 0.6) is 11.5 Å². The molecule has 1 aliphatic rings. The number of nitrogens with one attached hydrogen (secondary N) is 3. The van der Waals surface area contributed by atoms with E-state index in [1.165, 1.54) is 4.90 Å². The predicted molar refractivity (Wildman–Crippen MR) is 104 cm³/mol. The number of hydrogen-bond donors (Lipinski definition) is 3. The second kappa shape index (κ2) is 7.79. The molecule has 2 atom stereocenters. The molecular formula is C19H25N5O4. The fraction of sp³-hybridized carbons (Fsp3) is 0.421. The maximum atomic E-state index is 12.4. The van der Waals surface area contributed by atoms with Crippen LogP contribution in [0.25, 0.3) is 0 Å². The number of amides is 2. The molecule has 0 saturated heterocycles. The van der Waals surface area contributed by atoms with Crippen LogP contribution in [-0.4, -0.2) is 53.7 Å². The molecule has 9 nitrogen and oxygen atoms in total. The molecule has 0 aliphatic carbocycles. The highest BCUT2D eigenvalue weighted by Gasteiger charge is 2.29. The Bertz CT molecular complexity index is 892. The van der Waals surface area contributed by atoms with Crippen molar-refractivity contribution in [2.24, 2.45) is 0 Å². The van der Waals surface area contributed by atoms with Gasteiger partial charge in [-0.15, -0.1) is 0 Å². The zero-order valence-corrected chi connectivity index (χ0v) is 16.6. The lowest BCUT2D eigenvalue weighted by Gasteiger charge is -2.26. The van der Waals surface area contributed by atoms with Gasteiger partial charge >= 0.3 is 0 Å². The van der Waals surface area contributed by atoms with Crippen molar-refractivity contribution in [1.29, 1.82) is 0 Å². The van der Waals surface area contributed by atoms with Gasteiger partial charge in [-0.1, -0.05) is 6.07 Å². The van der Waals surface area contributed by atoms with Gasteiger partial charge in [0.05, 0.1) is 6.61 Å². The van der Waals surface area contributed by atoms with Gasteiger partial charge in [-0.05, 0) is 38.5 Å². The number of fused-ring (bicyclic) bond motifs is 1. The highest BCUT2D eigenvalue weighted by Crippen LogP contribution is 2.33. The fourth-order valence-electron chi connectivity index (χ4n) is 3.03. The van der Waals surface area contributed by atoms with Crippen LogP contribution >= 0.6 is 0 Å². The minimum Gasteiger partial charge on any atom is -0.490 e. The molecule has 1 aliphatic heterocycles. The Hall–Kier alpha value is -3.23. The van der Waals surface area contributed by atoms with Crippen molar-refractivity contribution in [2.45, 2.75) is 33.0 Å². The largest absolute Gasteiger partial charge is 0.490 e. The Balaban J connectivity index is 1.85. The molecule has 2 amide bonds. The first-order chi connectivity index (χ1) is 13.3. The molecule has 28 heavy (non-hydrogen) atoms. The summed E-state index contributed by atoms with van der Waals surface area (Å²) in [7, 11) is 3.36. The van der Waals surface area contributed by atoms with Gasteiger partial charge in [0, 0.05) is 19.8 Å². The summed E-state index contributed by atoms with van der Waals surface area (Å²) < 4.78 is 11.5. The lowest BCUT2D eigenvalue weighted by Crippen LogP contribution is -2.38. The second-order valence-corrected chi connectivity index (χ2v) is 6.75. The number of benzene rings is 1. The SMILES string of the molecule is CCOc1cc([C@H]2NC(=O)c3c(n[nH]c3C)N2)ccc1O[C@@H](C)C(=O)N(C)C. The molecule has 150 valence electrons. The molecule has 2 heterocycles. The lowest BCUT2D eigenvalue weighted by molar-refractivity contribution is -0.135. The monoisotopic (exact) mass is 387 g/mol. The smallest absolute Gasteiger partial charge is 0.262 e. The predicted octanol–water partition coefficient (Wildman–Crippen LogP) is 1.83. The molecule has 1 aromatic carbocycles. The van der Waals surface area contributed by atoms with Crippen molar-refractivity contribution in [3.63, 3.8) is 0 Å². The van der Waals surface area contributed by atoms with Crippen molar-refractivity contribution in [1.82, 2.24) is 20.4 Å². The van der Waals surface area contributed by atoms with Gasteiger partial charge in [0.1, 0.15) is 11.7 Å². The summed E-state index contributed by atoms with van der Waals surface area (Å²) in [5.74, 6) is 1.13. The molecule has 0 saturated carbocycles. The molecule has 0 spiro atoms. The first kappa shape index (κ1) is 19.5. The number of likely N-dealkylation sites (N-methyl/N-ethyl adjacent to an activating group) is 1. The molecule has 9 heteroatoms. The van der Waals surface area contributed by atoms with Crippen LogP contribution in [0.1, 0.15) is 41.6 Å². The molecule has 3 N–H and O–H groups in total. The van der Waals surface area contributed by atoms with Gasteiger partial charge in [-0.2, -0.15) is 5.10 Å². The first-order valence-electron chi connectivity index (χ1n) is 9.08. The Labute approximate surface area is 163 Å². The number of aryl methyl sites for hydroxylation is 1. The van der Waals surface area contributed by atoms with Crippen molar-refractivity contribution in [2.75, 3.05) is 26.0 Å². The van der Waals surface area contributed by atoms with Crippen molar-refractivity contribution in [3.8, 4) is 11.5 Å². The lowest BCUT2D eigenvalue weighted by atomic mass is 10.1. The fourth-order valence-corrected chi connectivity index (χ4v) is 3.03. The number of carbonyl (C=O) groups excluding carboxylic acids is 2. The minimum atomic E-state index is -0.651. The molecule has 2 aromatic rings. The van der Waals surface area contributed by atoms with Gasteiger partial charge in [-0.25, -0.2) is 0 Å². The number of aromatic nitrogens is 2. The Morgan fingerprint density at radius 2 is 2.04 bits per heavy atom. The molecule has 0 radical (unpaired) electrons. The van der Waals surface area contributed by atoms with Crippen LogP contribution in [0.3, 0.4) is 0 Å². The van der Waals surface area contributed by atoms with Gasteiger partial charge in [-0.3, -0.25) is 14.7 Å². The van der Waals surface area contributed by atoms with Crippen molar-refractivity contribution >= 4 is 17.6 Å². The number of aromatic amines is 1. The first-order valence-corrected chi connectivity index (χ1v) is 9.08. The Morgan fingerprint density at radius 1 is 1.29 bits per heavy atom. The standard InChI is InChI=1S/C19H25N5O4/c1-6-27-14-9-12(7-8-13(14)28-11(3)19(26)24(4)5)16-20-17-15(18(25)21-16)10(2)22-23-17/h7-9,11,16H,6H2,1-5H3,(H,21,25)(H2,20,22,23)/t11-,16+/m0/s1. The number of anilines is 1. The highest BCUT2D eigenvalue weighted by atomic mass is 16.5. The van der Waals surface area contributed by atoms with Crippen molar-refractivity contribution < 1.29 is 19.1 Å². The Kier molecular flexibility index (Phi) is 5.43. The summed E-state index contributed by atoms with van der Waals surface area (Å²) in [6, 6.07) is 5.33. The van der Waals surface area contributed by atoms with E-state index in [9.17, 15) is 9.59 Å². The third kappa shape index (κ3) is 3.73. The van der Waals surface area contributed by atoms with E-state index in [0.717, 1.165) is 5.56 Å². The van der Waals surface area contributed by atoms with Crippen LogP contribution < -0.4 is 20.1 Å². The van der Waals surface area contributed by atoms with Crippen LogP contribution in [-0.2, 0) is 4.79 Å².